The second kappa shape index (κ2) is 3.06. The van der Waals surface area contributed by atoms with Gasteiger partial charge in [-0.05, 0) is 19.1 Å². The van der Waals surface area contributed by atoms with Gasteiger partial charge >= 0.3 is 0 Å². The van der Waals surface area contributed by atoms with E-state index in [4.69, 9.17) is 5.73 Å². The highest BCUT2D eigenvalue weighted by Crippen LogP contribution is 2.12. The van der Waals surface area contributed by atoms with Crippen molar-refractivity contribution in [2.75, 3.05) is 5.73 Å². The molecular weight excluding hydrogens is 178 g/mol. The molecule has 1 heterocycles. The van der Waals surface area contributed by atoms with Gasteiger partial charge in [-0.25, -0.2) is 0 Å². The molecule has 1 aromatic rings. The lowest BCUT2D eigenvalue weighted by Gasteiger charge is -1.99. The van der Waals surface area contributed by atoms with Crippen LogP contribution in [-0.2, 0) is 4.79 Å². The lowest BCUT2D eigenvalue weighted by molar-refractivity contribution is -0.107. The topological polar surface area (TPSA) is 67.8 Å². The minimum atomic E-state index is -0.129. The highest BCUT2D eigenvalue weighted by Gasteiger charge is 2.21. The summed E-state index contributed by atoms with van der Waals surface area (Å²) in [6.45, 7) is 1.64. The molecule has 0 spiro atoms. The zero-order chi connectivity index (χ0) is 10.1. The number of ketones is 1. The van der Waals surface area contributed by atoms with E-state index < -0.39 is 0 Å². The van der Waals surface area contributed by atoms with Crippen LogP contribution in [0.4, 0.5) is 5.69 Å². The molecule has 0 unspecified atom stereocenters. The molecule has 0 saturated carbocycles. The van der Waals surface area contributed by atoms with Gasteiger partial charge in [0.1, 0.15) is 11.4 Å². The Kier molecular flexibility index (Phi) is 1.89. The number of Topliss-reactive ketones (excluding diaryl/α,β-unsaturated/α-hetero) is 1. The van der Waals surface area contributed by atoms with Crippen molar-refractivity contribution in [2.45, 2.75) is 6.92 Å². The van der Waals surface area contributed by atoms with Crippen molar-refractivity contribution in [3.05, 3.63) is 29.8 Å². The zero-order valence-corrected chi connectivity index (χ0v) is 7.69. The van der Waals surface area contributed by atoms with Gasteiger partial charge in [-0.2, -0.15) is 5.10 Å². The lowest BCUT2D eigenvalue weighted by atomic mass is 10.0. The van der Waals surface area contributed by atoms with Gasteiger partial charge in [-0.3, -0.25) is 4.79 Å². The molecule has 0 aromatic heterocycles. The van der Waals surface area contributed by atoms with Crippen LogP contribution in [0.2, 0.25) is 0 Å². The minimum Gasteiger partial charge on any atom is -0.399 e. The van der Waals surface area contributed by atoms with Gasteiger partial charge in [0, 0.05) is 11.3 Å². The SMILES string of the molecule is CC1=NN=C(c2cccc(N)c2)C1=O. The van der Waals surface area contributed by atoms with Gasteiger partial charge in [0.25, 0.3) is 0 Å². The lowest BCUT2D eigenvalue weighted by Crippen LogP contribution is -2.18. The van der Waals surface area contributed by atoms with Crippen molar-refractivity contribution >= 4 is 22.9 Å². The summed E-state index contributed by atoms with van der Waals surface area (Å²) in [5, 5.41) is 7.53. The van der Waals surface area contributed by atoms with Gasteiger partial charge in [-0.15, -0.1) is 5.10 Å². The number of carbonyl (C=O) groups excluding carboxylic acids is 1. The van der Waals surface area contributed by atoms with Crippen LogP contribution in [-0.4, -0.2) is 17.2 Å². The van der Waals surface area contributed by atoms with E-state index in [0.29, 0.717) is 17.1 Å². The van der Waals surface area contributed by atoms with Crippen LogP contribution < -0.4 is 5.73 Å². The maximum atomic E-state index is 11.5. The number of rotatable bonds is 1. The molecule has 0 bridgehead atoms. The van der Waals surface area contributed by atoms with E-state index in [1.165, 1.54) is 0 Å². The summed E-state index contributed by atoms with van der Waals surface area (Å²) in [4.78, 5) is 11.5. The summed E-state index contributed by atoms with van der Waals surface area (Å²) in [6.07, 6.45) is 0. The van der Waals surface area contributed by atoms with Gasteiger partial charge in [0.2, 0.25) is 5.78 Å². The second-order valence-corrected chi connectivity index (χ2v) is 3.09. The fraction of sp³-hybridized carbons (Fsp3) is 0.100. The first-order valence-electron chi connectivity index (χ1n) is 4.21. The average molecular weight is 187 g/mol. The third kappa shape index (κ3) is 1.31. The highest BCUT2D eigenvalue weighted by molar-refractivity contribution is 6.70. The van der Waals surface area contributed by atoms with Gasteiger partial charge in [-0.1, -0.05) is 12.1 Å². The molecule has 0 amide bonds. The van der Waals surface area contributed by atoms with Crippen LogP contribution in [0.3, 0.4) is 0 Å². The Morgan fingerprint density at radius 1 is 1.29 bits per heavy atom. The monoisotopic (exact) mass is 187 g/mol. The molecule has 4 heteroatoms. The Morgan fingerprint density at radius 3 is 2.64 bits per heavy atom. The number of carbonyl (C=O) groups is 1. The third-order valence-corrected chi connectivity index (χ3v) is 2.00. The highest BCUT2D eigenvalue weighted by atomic mass is 16.1. The molecule has 2 rings (SSSR count). The molecule has 4 nitrogen and oxygen atoms in total. The molecule has 0 aliphatic carbocycles. The molecular formula is C10H9N3O. The maximum Gasteiger partial charge on any atom is 0.229 e. The fourth-order valence-electron chi connectivity index (χ4n) is 1.26. The van der Waals surface area contributed by atoms with Crippen molar-refractivity contribution in [3.8, 4) is 0 Å². The largest absolute Gasteiger partial charge is 0.399 e. The number of nitrogens with two attached hydrogens (primary N) is 1. The van der Waals surface area contributed by atoms with Gasteiger partial charge < -0.3 is 5.73 Å². The smallest absolute Gasteiger partial charge is 0.229 e. The summed E-state index contributed by atoms with van der Waals surface area (Å²) in [6, 6.07) is 7.05. The Balaban J connectivity index is 2.40. The molecule has 0 fully saturated rings. The third-order valence-electron chi connectivity index (χ3n) is 2.00. The molecule has 14 heavy (non-hydrogen) atoms. The van der Waals surface area contributed by atoms with Crippen molar-refractivity contribution in [2.24, 2.45) is 10.2 Å². The molecule has 1 aliphatic rings. The summed E-state index contributed by atoms with van der Waals surface area (Å²) in [7, 11) is 0. The van der Waals surface area contributed by atoms with Crippen LogP contribution in [0.5, 0.6) is 0 Å². The van der Waals surface area contributed by atoms with Crippen LogP contribution >= 0.6 is 0 Å². The van der Waals surface area contributed by atoms with Crippen LogP contribution in [0.15, 0.2) is 34.5 Å². The van der Waals surface area contributed by atoms with Crippen LogP contribution in [0.1, 0.15) is 12.5 Å². The van der Waals surface area contributed by atoms with Crippen LogP contribution in [0, 0.1) is 0 Å². The predicted octanol–water partition coefficient (Wildman–Crippen LogP) is 1.02. The van der Waals surface area contributed by atoms with Gasteiger partial charge in [0.15, 0.2) is 0 Å². The summed E-state index contributed by atoms with van der Waals surface area (Å²) >= 11 is 0. The normalized spacial score (nSPS) is 15.4. The van der Waals surface area contributed by atoms with E-state index in [0.717, 1.165) is 5.56 Å². The predicted molar refractivity (Wildman–Crippen MR) is 55.5 cm³/mol. The van der Waals surface area contributed by atoms with E-state index in [1.807, 2.05) is 0 Å². The summed E-state index contributed by atoms with van der Waals surface area (Å²) in [5.41, 5.74) is 7.72. The average Bonchev–Trinajstić information content (AvgIpc) is 2.48. The molecule has 1 aromatic carbocycles. The fourth-order valence-corrected chi connectivity index (χ4v) is 1.26. The number of hydrogen-bond acceptors (Lipinski definition) is 4. The molecule has 0 atom stereocenters. The Bertz CT molecular complexity index is 460. The molecule has 1 aliphatic heterocycles. The number of anilines is 1. The van der Waals surface area contributed by atoms with Crippen molar-refractivity contribution < 1.29 is 4.79 Å². The first-order chi connectivity index (χ1) is 6.68. The molecule has 70 valence electrons. The van der Waals surface area contributed by atoms with E-state index in [9.17, 15) is 4.79 Å². The molecule has 0 saturated heterocycles. The van der Waals surface area contributed by atoms with E-state index in [2.05, 4.69) is 10.2 Å². The van der Waals surface area contributed by atoms with Crippen molar-refractivity contribution in [1.82, 2.24) is 0 Å². The van der Waals surface area contributed by atoms with E-state index in [1.54, 1.807) is 31.2 Å². The second-order valence-electron chi connectivity index (χ2n) is 3.09. The standard InChI is InChI=1S/C10H9N3O/c1-6-10(14)9(13-12-6)7-3-2-4-8(11)5-7/h2-5H,11H2,1H3. The van der Waals surface area contributed by atoms with E-state index in [-0.39, 0.29) is 5.78 Å². The Hall–Kier alpha value is -1.97. The number of nitrogen functional groups attached to an aromatic ring is 1. The first-order valence-corrected chi connectivity index (χ1v) is 4.21. The van der Waals surface area contributed by atoms with Crippen molar-refractivity contribution in [3.63, 3.8) is 0 Å². The first kappa shape index (κ1) is 8.62. The Morgan fingerprint density at radius 2 is 2.07 bits per heavy atom. The summed E-state index contributed by atoms with van der Waals surface area (Å²) < 4.78 is 0. The molecule has 2 N–H and O–H groups in total. The molecule has 0 radical (unpaired) electrons. The quantitative estimate of drug-likeness (QED) is 0.667. The van der Waals surface area contributed by atoms with Crippen LogP contribution in [0.25, 0.3) is 0 Å². The van der Waals surface area contributed by atoms with E-state index >= 15 is 0 Å². The number of benzene rings is 1. The van der Waals surface area contributed by atoms with Gasteiger partial charge in [0.05, 0.1) is 0 Å². The minimum absolute atomic E-state index is 0.129. The zero-order valence-electron chi connectivity index (χ0n) is 7.69. The summed E-state index contributed by atoms with van der Waals surface area (Å²) in [5.74, 6) is -0.129. The number of hydrogen-bond donors (Lipinski definition) is 1. The Labute approximate surface area is 81.1 Å². The van der Waals surface area contributed by atoms with Crippen molar-refractivity contribution in [1.29, 1.82) is 0 Å². The maximum absolute atomic E-state index is 11.5. The number of nitrogens with zero attached hydrogens (tertiary/aromatic N) is 2.